The molecule has 33 heavy (non-hydrogen) atoms. The molecule has 8 nitrogen and oxygen atoms in total. The Morgan fingerprint density at radius 2 is 1.91 bits per heavy atom. The fourth-order valence-corrected chi connectivity index (χ4v) is 6.90. The molecule has 3 rings (SSSR count). The van der Waals surface area contributed by atoms with E-state index in [1.807, 2.05) is 32.9 Å². The highest BCUT2D eigenvalue weighted by Gasteiger charge is 2.39. The fourth-order valence-electron chi connectivity index (χ4n) is 4.30. The van der Waals surface area contributed by atoms with Crippen LogP contribution in [0.2, 0.25) is 0 Å². The lowest BCUT2D eigenvalue weighted by molar-refractivity contribution is -0.148. The van der Waals surface area contributed by atoms with Crippen LogP contribution in [0.1, 0.15) is 55.5 Å². The lowest BCUT2D eigenvalue weighted by Gasteiger charge is -2.23. The Kier molecular flexibility index (Phi) is 7.92. The van der Waals surface area contributed by atoms with Crippen molar-refractivity contribution < 1.29 is 22.7 Å². The summed E-state index contributed by atoms with van der Waals surface area (Å²) >= 11 is 1.29. The number of carbonyl (C=O) groups is 2. The minimum Gasteiger partial charge on any atom is -0.458 e. The number of nitrogens with zero attached hydrogens (tertiary/aromatic N) is 3. The first-order chi connectivity index (χ1) is 15.5. The van der Waals surface area contributed by atoms with E-state index < -0.39 is 22.0 Å². The summed E-state index contributed by atoms with van der Waals surface area (Å²) in [6.07, 6.45) is 1.58. The molecule has 1 fully saturated rings. The van der Waals surface area contributed by atoms with E-state index >= 15 is 0 Å². The minimum atomic E-state index is -3.47. The number of anilines is 2. The van der Waals surface area contributed by atoms with Gasteiger partial charge in [0.1, 0.15) is 12.6 Å². The summed E-state index contributed by atoms with van der Waals surface area (Å²) in [6.45, 7) is 9.48. The number of carbonyl (C=O) groups excluding carboxylic acids is 2. The van der Waals surface area contributed by atoms with Crippen molar-refractivity contribution in [2.24, 2.45) is 0 Å². The van der Waals surface area contributed by atoms with E-state index in [0.717, 1.165) is 22.4 Å². The number of esters is 1. The largest absolute Gasteiger partial charge is 0.458 e. The van der Waals surface area contributed by atoms with Gasteiger partial charge in [-0.1, -0.05) is 24.6 Å². The van der Waals surface area contributed by atoms with E-state index in [-0.39, 0.29) is 18.3 Å². The molecule has 180 valence electrons. The van der Waals surface area contributed by atoms with Crippen molar-refractivity contribution in [3.8, 4) is 0 Å². The lowest BCUT2D eigenvalue weighted by Crippen LogP contribution is -2.42. The van der Waals surface area contributed by atoms with Crippen molar-refractivity contribution in [2.45, 2.75) is 66.5 Å². The Hall–Kier alpha value is -2.30. The highest BCUT2D eigenvalue weighted by atomic mass is 32.2. The molecule has 2 heterocycles. The molecule has 0 saturated carbocycles. The second-order valence-electron chi connectivity index (χ2n) is 8.42. The van der Waals surface area contributed by atoms with Crippen LogP contribution < -0.4 is 4.90 Å². The Labute approximate surface area is 199 Å². The van der Waals surface area contributed by atoms with Gasteiger partial charge in [-0.25, -0.2) is 13.4 Å². The predicted molar refractivity (Wildman–Crippen MR) is 129 cm³/mol. The molecule has 0 radical (unpaired) electrons. The molecular weight excluding hydrogens is 462 g/mol. The molecule has 1 aliphatic rings. The molecule has 1 aromatic carbocycles. The number of benzene rings is 1. The quantitative estimate of drug-likeness (QED) is 0.516. The molecule has 0 N–H and O–H groups in total. The van der Waals surface area contributed by atoms with Crippen LogP contribution in [0, 0.1) is 20.8 Å². The Morgan fingerprint density at radius 3 is 2.52 bits per heavy atom. The van der Waals surface area contributed by atoms with Gasteiger partial charge in [0.25, 0.3) is 0 Å². The molecule has 1 unspecified atom stereocenters. The van der Waals surface area contributed by atoms with Crippen LogP contribution >= 0.6 is 11.3 Å². The minimum absolute atomic E-state index is 0.0188. The van der Waals surface area contributed by atoms with Gasteiger partial charge in [0.05, 0.1) is 17.1 Å². The second-order valence-corrected chi connectivity index (χ2v) is 11.3. The molecule has 1 amide bonds. The van der Waals surface area contributed by atoms with Gasteiger partial charge < -0.3 is 4.74 Å². The highest BCUT2D eigenvalue weighted by Crippen LogP contribution is 2.34. The zero-order chi connectivity index (χ0) is 24.3. The van der Waals surface area contributed by atoms with Gasteiger partial charge in [0, 0.05) is 18.8 Å². The van der Waals surface area contributed by atoms with Gasteiger partial charge in [-0.3, -0.25) is 14.5 Å². The third kappa shape index (κ3) is 5.62. The maximum absolute atomic E-state index is 12.7. The Bertz CT molecular complexity index is 1120. The van der Waals surface area contributed by atoms with Gasteiger partial charge in [-0.2, -0.15) is 4.31 Å². The maximum atomic E-state index is 12.7. The van der Waals surface area contributed by atoms with E-state index in [2.05, 4.69) is 4.98 Å². The smallest absolute Gasteiger partial charge is 0.324 e. The fraction of sp³-hybridized carbons (Fsp3) is 0.522. The second kappa shape index (κ2) is 10.3. The molecule has 1 aliphatic heterocycles. The van der Waals surface area contributed by atoms with Crippen LogP contribution in [-0.4, -0.2) is 47.9 Å². The molecule has 1 aromatic heterocycles. The molecular formula is C23H31N3O5S2. The number of ether oxygens (including phenoxy) is 1. The van der Waals surface area contributed by atoms with Crippen LogP contribution in [-0.2, 0) is 31.0 Å². The summed E-state index contributed by atoms with van der Waals surface area (Å²) in [5.74, 6) is -0.702. The highest BCUT2D eigenvalue weighted by molar-refractivity contribution is 7.89. The van der Waals surface area contributed by atoms with Crippen LogP contribution in [0.25, 0.3) is 0 Å². The summed E-state index contributed by atoms with van der Waals surface area (Å²) in [5.41, 5.74) is 4.37. The molecule has 0 bridgehead atoms. The van der Waals surface area contributed by atoms with E-state index in [0.29, 0.717) is 36.6 Å². The average Bonchev–Trinajstić information content (AvgIpc) is 3.38. The lowest BCUT2D eigenvalue weighted by atomic mass is 10.0. The van der Waals surface area contributed by atoms with Gasteiger partial charge >= 0.3 is 5.97 Å². The van der Waals surface area contributed by atoms with Crippen molar-refractivity contribution in [1.29, 1.82) is 0 Å². The third-order valence-corrected chi connectivity index (χ3v) is 8.51. The number of hydrogen-bond acceptors (Lipinski definition) is 7. The molecule has 0 spiro atoms. The van der Waals surface area contributed by atoms with E-state index in [9.17, 15) is 18.0 Å². The predicted octanol–water partition coefficient (Wildman–Crippen LogP) is 4.00. The summed E-state index contributed by atoms with van der Waals surface area (Å²) < 4.78 is 31.6. The number of aromatic nitrogens is 1. The SMILES string of the molecule is CCCS(=O)(=O)N1CCCC1C(=O)OCc1csc(N(C(C)=O)c2c(C)cc(C)cc2C)n1. The summed E-state index contributed by atoms with van der Waals surface area (Å²) in [7, 11) is -3.47. The number of aryl methyl sites for hydroxylation is 3. The number of sulfonamides is 1. The third-order valence-electron chi connectivity index (χ3n) is 5.56. The van der Waals surface area contributed by atoms with Crippen LogP contribution in [0.4, 0.5) is 10.8 Å². The molecule has 0 aliphatic carbocycles. The zero-order valence-electron chi connectivity index (χ0n) is 19.8. The average molecular weight is 494 g/mol. The summed E-state index contributed by atoms with van der Waals surface area (Å²) in [6, 6.07) is 3.26. The molecule has 10 heteroatoms. The molecule has 1 atom stereocenters. The van der Waals surface area contributed by atoms with Crippen molar-refractivity contribution in [3.05, 3.63) is 39.9 Å². The van der Waals surface area contributed by atoms with Crippen LogP contribution in [0.15, 0.2) is 17.5 Å². The van der Waals surface area contributed by atoms with Crippen LogP contribution in [0.5, 0.6) is 0 Å². The standard InChI is InChI=1S/C23H31N3O5S2/c1-6-10-33(29,30)25-9-7-8-20(25)22(28)31-13-19-14-32-23(24-19)26(18(5)27)21-16(3)11-15(2)12-17(21)4/h11-12,14,20H,6-10,13H2,1-5H3. The monoisotopic (exact) mass is 493 g/mol. The normalized spacial score (nSPS) is 16.7. The van der Waals surface area contributed by atoms with Gasteiger partial charge in [-0.15, -0.1) is 11.3 Å². The van der Waals surface area contributed by atoms with Crippen molar-refractivity contribution >= 4 is 44.1 Å². The van der Waals surface area contributed by atoms with Crippen molar-refractivity contribution in [3.63, 3.8) is 0 Å². The number of hydrogen-bond donors (Lipinski definition) is 0. The van der Waals surface area contributed by atoms with E-state index in [1.165, 1.54) is 22.6 Å². The van der Waals surface area contributed by atoms with Gasteiger partial charge in [-0.05, 0) is 51.2 Å². The Morgan fingerprint density at radius 1 is 1.24 bits per heavy atom. The maximum Gasteiger partial charge on any atom is 0.324 e. The first-order valence-corrected chi connectivity index (χ1v) is 13.5. The van der Waals surface area contributed by atoms with Crippen molar-refractivity contribution in [1.82, 2.24) is 9.29 Å². The number of thiazole rings is 1. The Balaban J connectivity index is 1.74. The van der Waals surface area contributed by atoms with Crippen LogP contribution in [0.3, 0.4) is 0 Å². The first kappa shape index (κ1) is 25.3. The summed E-state index contributed by atoms with van der Waals surface area (Å²) in [4.78, 5) is 31.3. The van der Waals surface area contributed by atoms with E-state index in [4.69, 9.17) is 4.74 Å². The first-order valence-electron chi connectivity index (χ1n) is 11.0. The summed E-state index contributed by atoms with van der Waals surface area (Å²) in [5, 5.41) is 2.24. The van der Waals surface area contributed by atoms with Gasteiger partial charge in [0.2, 0.25) is 15.9 Å². The zero-order valence-corrected chi connectivity index (χ0v) is 21.4. The number of amides is 1. The number of rotatable bonds is 8. The van der Waals surface area contributed by atoms with Crippen molar-refractivity contribution in [2.75, 3.05) is 17.2 Å². The molecule has 2 aromatic rings. The topological polar surface area (TPSA) is 96.9 Å². The van der Waals surface area contributed by atoms with E-state index in [1.54, 1.807) is 17.2 Å². The van der Waals surface area contributed by atoms with Gasteiger partial charge in [0.15, 0.2) is 5.13 Å². The molecule has 1 saturated heterocycles.